The second-order valence-corrected chi connectivity index (χ2v) is 6.83. The lowest BCUT2D eigenvalue weighted by Crippen LogP contribution is -2.41. The van der Waals surface area contributed by atoms with Gasteiger partial charge in [-0.1, -0.05) is 13.3 Å². The molecule has 1 aliphatic rings. The maximum Gasteiger partial charge on any atom is 0.191 e. The van der Waals surface area contributed by atoms with Crippen LogP contribution in [-0.4, -0.2) is 77.1 Å². The molecule has 0 aliphatic carbocycles. The van der Waals surface area contributed by atoms with Crippen LogP contribution in [0.5, 0.6) is 0 Å². The first-order valence-electron chi connectivity index (χ1n) is 10.1. The van der Waals surface area contributed by atoms with Gasteiger partial charge in [-0.25, -0.2) is 0 Å². The Kier molecular flexibility index (Phi) is 13.7. The smallest absolute Gasteiger partial charge is 0.191 e. The van der Waals surface area contributed by atoms with E-state index in [1.165, 1.54) is 12.8 Å². The maximum absolute atomic E-state index is 5.79. The first-order chi connectivity index (χ1) is 12.3. The summed E-state index contributed by atoms with van der Waals surface area (Å²) in [6.45, 7) is 12.6. The molecule has 0 aromatic heterocycles. The minimum absolute atomic E-state index is 0.681. The van der Waals surface area contributed by atoms with Gasteiger partial charge < -0.3 is 25.0 Å². The zero-order valence-electron chi connectivity index (χ0n) is 16.7. The molecular formula is C19H40N4O2. The third-order valence-corrected chi connectivity index (χ3v) is 4.43. The van der Waals surface area contributed by atoms with Crippen molar-refractivity contribution in [2.75, 3.05) is 66.2 Å². The van der Waals surface area contributed by atoms with Gasteiger partial charge in [0.05, 0.1) is 0 Å². The van der Waals surface area contributed by atoms with E-state index in [1.807, 2.05) is 0 Å². The molecule has 0 amide bonds. The van der Waals surface area contributed by atoms with E-state index in [0.717, 1.165) is 84.4 Å². The van der Waals surface area contributed by atoms with Gasteiger partial charge in [0, 0.05) is 52.6 Å². The van der Waals surface area contributed by atoms with E-state index in [2.05, 4.69) is 41.4 Å². The average Bonchev–Trinajstić information content (AvgIpc) is 2.63. The molecule has 0 bridgehead atoms. The molecule has 0 aromatic rings. The molecule has 1 heterocycles. The van der Waals surface area contributed by atoms with Crippen molar-refractivity contribution < 1.29 is 9.47 Å². The Morgan fingerprint density at radius 2 is 1.96 bits per heavy atom. The SMILES string of the molecule is CCCCN(C)CCNC(=NCCCOCC1CCOCC1)NCC. The molecule has 2 N–H and O–H groups in total. The van der Waals surface area contributed by atoms with Gasteiger partial charge in [-0.15, -0.1) is 0 Å². The average molecular weight is 357 g/mol. The number of guanidine groups is 1. The fraction of sp³-hybridized carbons (Fsp3) is 0.947. The van der Waals surface area contributed by atoms with Crippen molar-refractivity contribution in [2.24, 2.45) is 10.9 Å². The molecule has 0 atom stereocenters. The van der Waals surface area contributed by atoms with Crippen molar-refractivity contribution in [1.29, 1.82) is 0 Å². The normalized spacial score (nSPS) is 16.4. The Morgan fingerprint density at radius 1 is 1.16 bits per heavy atom. The van der Waals surface area contributed by atoms with Crippen molar-refractivity contribution in [3.8, 4) is 0 Å². The van der Waals surface area contributed by atoms with Gasteiger partial charge in [-0.05, 0) is 52.1 Å². The van der Waals surface area contributed by atoms with Gasteiger partial charge in [0.2, 0.25) is 0 Å². The summed E-state index contributed by atoms with van der Waals surface area (Å²) < 4.78 is 11.2. The summed E-state index contributed by atoms with van der Waals surface area (Å²) in [5, 5.41) is 6.72. The Balaban J connectivity index is 2.08. The van der Waals surface area contributed by atoms with Gasteiger partial charge in [0.25, 0.3) is 0 Å². The summed E-state index contributed by atoms with van der Waals surface area (Å²) in [5.74, 6) is 1.59. The standard InChI is InChI=1S/C19H40N4O2/c1-4-6-12-23(3)13-11-22-19(20-5-2)21-10-7-14-25-17-18-8-15-24-16-9-18/h18H,4-17H2,1-3H3,(H2,20,21,22). The summed E-state index contributed by atoms with van der Waals surface area (Å²) in [6.07, 6.45) is 5.76. The summed E-state index contributed by atoms with van der Waals surface area (Å²) in [5.41, 5.74) is 0. The van der Waals surface area contributed by atoms with Crippen LogP contribution in [0.3, 0.4) is 0 Å². The van der Waals surface area contributed by atoms with Crippen molar-refractivity contribution in [2.45, 2.75) is 46.0 Å². The Morgan fingerprint density at radius 3 is 2.68 bits per heavy atom. The van der Waals surface area contributed by atoms with E-state index in [9.17, 15) is 0 Å². The topological polar surface area (TPSA) is 58.1 Å². The molecule has 6 heteroatoms. The number of nitrogens with zero attached hydrogens (tertiary/aromatic N) is 2. The van der Waals surface area contributed by atoms with E-state index in [1.54, 1.807) is 0 Å². The van der Waals surface area contributed by atoms with E-state index in [0.29, 0.717) is 5.92 Å². The fourth-order valence-corrected chi connectivity index (χ4v) is 2.77. The first kappa shape index (κ1) is 22.2. The molecule has 6 nitrogen and oxygen atoms in total. The molecule has 0 spiro atoms. The predicted molar refractivity (Wildman–Crippen MR) is 105 cm³/mol. The largest absolute Gasteiger partial charge is 0.381 e. The van der Waals surface area contributed by atoms with E-state index < -0.39 is 0 Å². The van der Waals surface area contributed by atoms with E-state index in [-0.39, 0.29) is 0 Å². The number of aliphatic imine (C=N–C) groups is 1. The van der Waals surface area contributed by atoms with Crippen molar-refractivity contribution >= 4 is 5.96 Å². The maximum atomic E-state index is 5.79. The zero-order valence-corrected chi connectivity index (χ0v) is 16.7. The van der Waals surface area contributed by atoms with E-state index in [4.69, 9.17) is 9.47 Å². The van der Waals surface area contributed by atoms with Crippen LogP contribution in [0.25, 0.3) is 0 Å². The molecular weight excluding hydrogens is 316 g/mol. The number of ether oxygens (including phenoxy) is 2. The highest BCUT2D eigenvalue weighted by Crippen LogP contribution is 2.14. The number of nitrogens with one attached hydrogen (secondary N) is 2. The van der Waals surface area contributed by atoms with Crippen LogP contribution in [0.2, 0.25) is 0 Å². The molecule has 0 saturated carbocycles. The number of rotatable bonds is 13. The molecule has 1 fully saturated rings. The molecule has 0 unspecified atom stereocenters. The predicted octanol–water partition coefficient (Wildman–Crippen LogP) is 2.11. The van der Waals surface area contributed by atoms with Gasteiger partial charge in [0.1, 0.15) is 0 Å². The van der Waals surface area contributed by atoms with Crippen LogP contribution in [0.15, 0.2) is 4.99 Å². The van der Waals surface area contributed by atoms with Crippen molar-refractivity contribution in [3.05, 3.63) is 0 Å². The second-order valence-electron chi connectivity index (χ2n) is 6.83. The molecule has 25 heavy (non-hydrogen) atoms. The summed E-state index contributed by atoms with van der Waals surface area (Å²) in [7, 11) is 2.18. The third kappa shape index (κ3) is 12.2. The van der Waals surface area contributed by atoms with Crippen molar-refractivity contribution in [1.82, 2.24) is 15.5 Å². The highest BCUT2D eigenvalue weighted by atomic mass is 16.5. The Labute approximate surface area is 154 Å². The molecule has 148 valence electrons. The minimum atomic E-state index is 0.681. The fourth-order valence-electron chi connectivity index (χ4n) is 2.77. The second kappa shape index (κ2) is 15.4. The quantitative estimate of drug-likeness (QED) is 0.301. The van der Waals surface area contributed by atoms with Crippen molar-refractivity contribution in [3.63, 3.8) is 0 Å². The molecule has 1 rings (SSSR count). The number of unbranched alkanes of at least 4 members (excludes halogenated alkanes) is 1. The van der Waals surface area contributed by atoms with Crippen LogP contribution in [-0.2, 0) is 9.47 Å². The first-order valence-corrected chi connectivity index (χ1v) is 10.1. The summed E-state index contributed by atoms with van der Waals surface area (Å²) in [4.78, 5) is 7.00. The summed E-state index contributed by atoms with van der Waals surface area (Å²) >= 11 is 0. The van der Waals surface area contributed by atoms with Gasteiger partial charge in [-0.3, -0.25) is 4.99 Å². The molecule has 1 aliphatic heterocycles. The number of hydrogen-bond acceptors (Lipinski definition) is 4. The molecule has 1 saturated heterocycles. The Bertz CT molecular complexity index is 333. The monoisotopic (exact) mass is 356 g/mol. The van der Waals surface area contributed by atoms with E-state index >= 15 is 0 Å². The van der Waals surface area contributed by atoms with Gasteiger partial charge in [-0.2, -0.15) is 0 Å². The number of hydrogen-bond donors (Lipinski definition) is 2. The summed E-state index contributed by atoms with van der Waals surface area (Å²) in [6, 6.07) is 0. The van der Waals surface area contributed by atoms with Crippen LogP contribution in [0, 0.1) is 5.92 Å². The lowest BCUT2D eigenvalue weighted by Gasteiger charge is -2.21. The highest BCUT2D eigenvalue weighted by molar-refractivity contribution is 5.79. The third-order valence-electron chi connectivity index (χ3n) is 4.43. The van der Waals surface area contributed by atoms with Crippen LogP contribution in [0.1, 0.15) is 46.0 Å². The van der Waals surface area contributed by atoms with Gasteiger partial charge >= 0.3 is 0 Å². The minimum Gasteiger partial charge on any atom is -0.381 e. The van der Waals surface area contributed by atoms with Gasteiger partial charge in [0.15, 0.2) is 5.96 Å². The zero-order chi connectivity index (χ0) is 18.2. The Hall–Kier alpha value is -0.850. The highest BCUT2D eigenvalue weighted by Gasteiger charge is 2.13. The number of likely N-dealkylation sites (N-methyl/N-ethyl adjacent to an activating group) is 1. The van der Waals surface area contributed by atoms with Crippen LogP contribution < -0.4 is 10.6 Å². The van der Waals surface area contributed by atoms with Crippen LogP contribution >= 0.6 is 0 Å². The molecule has 0 aromatic carbocycles. The lowest BCUT2D eigenvalue weighted by atomic mass is 10.0. The lowest BCUT2D eigenvalue weighted by molar-refractivity contribution is 0.0205. The molecule has 0 radical (unpaired) electrons. The van der Waals surface area contributed by atoms with Crippen LogP contribution in [0.4, 0.5) is 0 Å².